The topological polar surface area (TPSA) is 374 Å². The van der Waals surface area contributed by atoms with Gasteiger partial charge < -0.3 is 35.3 Å². The molecule has 8 aromatic rings. The van der Waals surface area contributed by atoms with E-state index < -0.39 is 106 Å². The second-order valence-electron chi connectivity index (χ2n) is 20.0. The number of hydrogen-bond acceptors (Lipinski definition) is 16. The van der Waals surface area contributed by atoms with Gasteiger partial charge in [-0.1, -0.05) is 78.9 Å². The summed E-state index contributed by atoms with van der Waals surface area (Å²) in [6.07, 6.45) is 0. The molecule has 22 nitrogen and oxygen atoms in total. The highest BCUT2D eigenvalue weighted by Gasteiger charge is 2.33. The van der Waals surface area contributed by atoms with Crippen molar-refractivity contribution in [3.8, 4) is 39.7 Å². The molecule has 0 atom stereocenters. The number of hydrogen-bond donors (Lipinski definition) is 10. The van der Waals surface area contributed by atoms with Crippen molar-refractivity contribution < 1.29 is 82.3 Å². The molecule has 0 amide bonds. The molecule has 0 aromatic heterocycles. The molecular formula is C59H48N4O18S4. The number of carbonyl (C=O) groups is 2. The Hall–Kier alpha value is -9.57. The molecule has 1 aliphatic heterocycles. The van der Waals surface area contributed by atoms with E-state index in [2.05, 4.69) is 19.8 Å². The van der Waals surface area contributed by atoms with E-state index in [9.17, 15) is 77.9 Å². The fourth-order valence-electron chi connectivity index (χ4n) is 10.7. The van der Waals surface area contributed by atoms with Crippen LogP contribution in [0.1, 0.15) is 54.1 Å². The number of phenols is 3. The average Bonchev–Trinajstić information content (AvgIpc) is 0.924. The van der Waals surface area contributed by atoms with Crippen LogP contribution in [-0.4, -0.2) is 80.2 Å². The Balaban J connectivity index is 1.14. The molecule has 2 aliphatic rings. The van der Waals surface area contributed by atoms with Crippen molar-refractivity contribution in [2.24, 2.45) is 4.99 Å². The monoisotopic (exact) mass is 1230 g/mol. The molecule has 10 N–H and O–H groups in total. The number of carboxylic acid groups (broad SMARTS) is 2. The highest BCUT2D eigenvalue weighted by Crippen LogP contribution is 2.47. The van der Waals surface area contributed by atoms with Gasteiger partial charge in [0, 0.05) is 67.1 Å². The fourth-order valence-corrected chi connectivity index (χ4v) is 15.0. The standard InChI is InChI=1S/C59H48N4O18S4/c1-27-21-29(3)52(62-82(71,72)46-25-41(58(67)68)54(64)35-14-8-7-13-34(35)46)31(5)50(27)60-33-19-20-38-43(23-33)81-44-26-42(47(85(78,79)80)24-40(44)48(38)39-17-11-12-18-45(39)84(75,76)77)61-51-28(2)22-30(4)53(32(51)6)63-83(73,74)57-37-16-10-9-15-36(37)55(65)49(56(57)66)59(69)70/h7-26,60,62-66H,1-6H3,(H,67,68)(H,69,70)(H,75,76,77)(H,78,79,80). The minimum Gasteiger partial charge on any atom is -0.506 e. The predicted octanol–water partition coefficient (Wildman–Crippen LogP) is 10.9. The molecule has 26 heteroatoms. The van der Waals surface area contributed by atoms with Gasteiger partial charge in [-0.15, -0.1) is 0 Å². The third-order valence-corrected chi connectivity index (χ3v) is 19.1. The number of fused-ring (bicyclic) bond motifs is 4. The lowest BCUT2D eigenvalue weighted by atomic mass is 9.93. The van der Waals surface area contributed by atoms with Crippen molar-refractivity contribution in [1.29, 1.82) is 0 Å². The summed E-state index contributed by atoms with van der Waals surface area (Å²) in [6, 6.07) is 27.2. The van der Waals surface area contributed by atoms with Crippen LogP contribution < -0.4 is 20.1 Å². The summed E-state index contributed by atoms with van der Waals surface area (Å²) < 4.78 is 144. The molecule has 0 unspecified atom stereocenters. The fraction of sp³-hybridized carbons (Fsp3) is 0.102. The smallest absolute Gasteiger partial charge is 0.343 e. The van der Waals surface area contributed by atoms with Crippen LogP contribution in [0.5, 0.6) is 17.2 Å². The van der Waals surface area contributed by atoms with Gasteiger partial charge in [-0.2, -0.15) is 16.8 Å². The van der Waals surface area contributed by atoms with Crippen LogP contribution in [-0.2, 0) is 40.3 Å². The number of nitrogens with zero attached hydrogens (tertiary/aromatic N) is 1. The first-order valence-corrected chi connectivity index (χ1v) is 31.0. The van der Waals surface area contributed by atoms with E-state index in [0.717, 1.165) is 24.3 Å². The van der Waals surface area contributed by atoms with Crippen LogP contribution in [0.3, 0.4) is 0 Å². The van der Waals surface area contributed by atoms with Crippen LogP contribution in [0, 0.1) is 41.5 Å². The van der Waals surface area contributed by atoms with E-state index in [-0.39, 0.29) is 83.2 Å². The minimum atomic E-state index is -5.28. The van der Waals surface area contributed by atoms with Gasteiger partial charge in [0.05, 0.1) is 27.3 Å². The summed E-state index contributed by atoms with van der Waals surface area (Å²) in [5.74, 6) is -6.30. The van der Waals surface area contributed by atoms with E-state index >= 15 is 0 Å². The third kappa shape index (κ3) is 10.3. The maximum absolute atomic E-state index is 14.4. The zero-order valence-corrected chi connectivity index (χ0v) is 48.5. The van der Waals surface area contributed by atoms with Gasteiger partial charge in [0.15, 0.2) is 5.75 Å². The predicted molar refractivity (Wildman–Crippen MR) is 316 cm³/mol. The molecule has 8 aromatic carbocycles. The summed E-state index contributed by atoms with van der Waals surface area (Å²) >= 11 is 0. The number of anilines is 4. The number of sulfonamides is 2. The van der Waals surface area contributed by atoms with Gasteiger partial charge in [0.25, 0.3) is 40.3 Å². The highest BCUT2D eigenvalue weighted by molar-refractivity contribution is 7.93. The second kappa shape index (κ2) is 20.9. The maximum atomic E-state index is 14.4. The molecule has 0 radical (unpaired) electrons. The van der Waals surface area contributed by atoms with Gasteiger partial charge in [-0.25, -0.2) is 31.4 Å². The molecule has 85 heavy (non-hydrogen) atoms. The van der Waals surface area contributed by atoms with Crippen LogP contribution >= 0.6 is 0 Å². The molecule has 0 saturated carbocycles. The van der Waals surface area contributed by atoms with Crippen molar-refractivity contribution in [1.82, 2.24) is 0 Å². The van der Waals surface area contributed by atoms with E-state index in [1.54, 1.807) is 39.8 Å². The van der Waals surface area contributed by atoms with E-state index in [1.807, 2.05) is 0 Å². The Kier molecular flexibility index (Phi) is 14.4. The van der Waals surface area contributed by atoms with Gasteiger partial charge in [0.1, 0.15) is 48.7 Å². The Morgan fingerprint density at radius 3 is 1.67 bits per heavy atom. The van der Waals surface area contributed by atoms with E-state index in [4.69, 9.17) is 4.42 Å². The Morgan fingerprint density at radius 2 is 1.05 bits per heavy atom. The van der Waals surface area contributed by atoms with E-state index in [0.29, 0.717) is 33.6 Å². The third-order valence-electron chi connectivity index (χ3n) is 14.5. The largest absolute Gasteiger partial charge is 0.506 e. The average molecular weight is 1230 g/mol. The molecule has 0 spiro atoms. The molecule has 0 saturated heterocycles. The molecule has 0 fully saturated rings. The zero-order valence-electron chi connectivity index (χ0n) is 45.2. The van der Waals surface area contributed by atoms with Crippen molar-refractivity contribution in [2.75, 3.05) is 14.8 Å². The van der Waals surface area contributed by atoms with Crippen LogP contribution in [0.15, 0.2) is 150 Å². The van der Waals surface area contributed by atoms with Gasteiger partial charge >= 0.3 is 11.9 Å². The summed E-state index contributed by atoms with van der Waals surface area (Å²) in [7, 11) is -19.8. The summed E-state index contributed by atoms with van der Waals surface area (Å²) in [5.41, 5.74) is 0.856. The number of aryl methyl sites for hydroxylation is 4. The number of aromatic hydroxyl groups is 3. The van der Waals surface area contributed by atoms with Gasteiger partial charge in [-0.3, -0.25) is 18.5 Å². The first kappa shape index (κ1) is 58.6. The number of nitrogens with one attached hydrogen (secondary N) is 3. The molecule has 0 bridgehead atoms. The Bertz CT molecular complexity index is 5140. The van der Waals surface area contributed by atoms with Crippen LogP contribution in [0.25, 0.3) is 55.0 Å². The summed E-state index contributed by atoms with van der Waals surface area (Å²) in [5, 5.41) is 55.1. The van der Waals surface area contributed by atoms with Crippen molar-refractivity contribution in [3.63, 3.8) is 0 Å². The summed E-state index contributed by atoms with van der Waals surface area (Å²) in [4.78, 5) is 26.3. The number of benzene rings is 9. The molecule has 436 valence electrons. The lowest BCUT2D eigenvalue weighted by Crippen LogP contribution is -2.18. The highest BCUT2D eigenvalue weighted by atomic mass is 32.2. The van der Waals surface area contributed by atoms with Crippen molar-refractivity contribution in [2.45, 2.75) is 61.1 Å². The van der Waals surface area contributed by atoms with Crippen LogP contribution in [0.2, 0.25) is 0 Å². The quantitative estimate of drug-likeness (QED) is 0.0357. The number of aromatic carboxylic acids is 2. The SMILES string of the molecule is Cc1cc(C)c(NS(=O)(=O)c2c(O)c(C(=O)O)c(O)c3ccccc23)c(C)c1N=c1cc2oc3cc(Nc4c(C)cc(C)c(NS(=O)(=O)c5cc(C(=O)O)c(O)c6ccccc56)c4C)ccc3c(-c3ccccc3S(=O)(=O)O)c-2cc1S(=O)(=O)O. The zero-order chi connectivity index (χ0) is 61.7. The Labute approximate surface area is 484 Å². The first-order chi connectivity index (χ1) is 39.8. The minimum absolute atomic E-state index is 0.00451. The number of carboxylic acids is 2. The lowest BCUT2D eigenvalue weighted by Gasteiger charge is -2.21. The van der Waals surface area contributed by atoms with E-state index in [1.165, 1.54) is 98.8 Å². The lowest BCUT2D eigenvalue weighted by molar-refractivity contribution is 0.0680. The first-order valence-electron chi connectivity index (χ1n) is 25.2. The van der Waals surface area contributed by atoms with Crippen molar-refractivity contribution in [3.05, 3.63) is 171 Å². The van der Waals surface area contributed by atoms with Gasteiger partial charge in [0.2, 0.25) is 0 Å². The van der Waals surface area contributed by atoms with Crippen LogP contribution in [0.4, 0.5) is 28.4 Å². The van der Waals surface area contributed by atoms with Gasteiger partial charge in [-0.05, 0) is 105 Å². The molecule has 1 heterocycles. The summed E-state index contributed by atoms with van der Waals surface area (Å²) in [6.45, 7) is 9.58. The van der Waals surface area contributed by atoms with Crippen molar-refractivity contribution >= 4 is 113 Å². The normalized spacial score (nSPS) is 12.5. The molecule has 1 aliphatic carbocycles. The number of rotatable bonds is 14. The molecule has 10 rings (SSSR count). The Morgan fingerprint density at radius 1 is 0.494 bits per heavy atom. The second-order valence-corrected chi connectivity index (χ2v) is 26.1. The molecular weight excluding hydrogens is 1180 g/mol. The maximum Gasteiger partial charge on any atom is 0.343 e.